The van der Waals surface area contributed by atoms with Gasteiger partial charge in [-0.1, -0.05) is 132 Å². The Bertz CT molecular complexity index is 2250. The number of carbonyl (C=O) groups excluding carboxylic acids is 4. The lowest BCUT2D eigenvalue weighted by Crippen LogP contribution is -2.68. The van der Waals surface area contributed by atoms with Crippen LogP contribution in [0.25, 0.3) is 0 Å². The minimum Gasteiger partial charge on any atom is -0.456 e. The highest BCUT2D eigenvalue weighted by molar-refractivity contribution is 6.99. The number of piperidine rings is 1. The topological polar surface area (TPSA) is 147 Å². The van der Waals surface area contributed by atoms with Crippen LogP contribution < -0.4 is 10.4 Å². The zero-order valence-electron chi connectivity index (χ0n) is 45.6. The van der Waals surface area contributed by atoms with Crippen LogP contribution in [-0.2, 0) is 47.3 Å². The molecule has 0 spiro atoms. The fourth-order valence-electron chi connectivity index (χ4n) is 12.1. The lowest BCUT2D eigenvalue weighted by Gasteiger charge is -2.47. The molecule has 1 aliphatic carbocycles. The zero-order chi connectivity index (χ0) is 53.3. The van der Waals surface area contributed by atoms with Gasteiger partial charge >= 0.3 is 5.97 Å². The highest BCUT2D eigenvalue weighted by atomic mass is 28.4. The number of hydrogen-bond donors (Lipinski definition) is 1. The first-order valence-corrected chi connectivity index (χ1v) is 28.6. The number of ketones is 2. The molecule has 13 heteroatoms. The lowest BCUT2D eigenvalue weighted by molar-refractivity contribution is -0.290. The number of fused-ring (bicyclic) bond motifs is 3. The normalized spacial score (nSPS) is 33.0. The summed E-state index contributed by atoms with van der Waals surface area (Å²) in [5.41, 5.74) is 1.79. The third kappa shape index (κ3) is 13.2. The van der Waals surface area contributed by atoms with Crippen molar-refractivity contribution in [2.45, 2.75) is 173 Å². The van der Waals surface area contributed by atoms with E-state index in [2.05, 4.69) is 88.9 Å². The Morgan fingerprint density at radius 3 is 2.07 bits per heavy atom. The van der Waals surface area contributed by atoms with Crippen LogP contribution in [0.15, 0.2) is 109 Å². The van der Waals surface area contributed by atoms with Crippen LogP contribution >= 0.6 is 0 Å². The van der Waals surface area contributed by atoms with Gasteiger partial charge in [-0.05, 0) is 111 Å². The summed E-state index contributed by atoms with van der Waals surface area (Å²) in [4.78, 5) is 59.0. The van der Waals surface area contributed by atoms with Crippen LogP contribution in [0.1, 0.15) is 120 Å². The van der Waals surface area contributed by atoms with Crippen LogP contribution in [-0.4, -0.2) is 118 Å². The molecule has 4 aliphatic rings. The number of allylic oxidation sites excluding steroid dienone is 5. The van der Waals surface area contributed by atoms with E-state index in [1.165, 1.54) is 15.3 Å². The first-order valence-electron chi connectivity index (χ1n) is 26.7. The second kappa shape index (κ2) is 25.5. The van der Waals surface area contributed by atoms with Crippen molar-refractivity contribution in [3.05, 3.63) is 109 Å². The molecule has 1 N–H and O–H groups in total. The van der Waals surface area contributed by atoms with Gasteiger partial charge in [-0.25, -0.2) is 4.79 Å². The smallest absolute Gasteiger partial charge is 0.329 e. The second-order valence-electron chi connectivity index (χ2n) is 22.5. The van der Waals surface area contributed by atoms with E-state index in [-0.39, 0.29) is 66.8 Å². The van der Waals surface area contributed by atoms with E-state index in [0.29, 0.717) is 32.1 Å². The largest absolute Gasteiger partial charge is 0.456 e. The van der Waals surface area contributed by atoms with Gasteiger partial charge in [0.1, 0.15) is 12.1 Å². The number of cyclic esters (lactones) is 1. The van der Waals surface area contributed by atoms with Crippen molar-refractivity contribution >= 4 is 42.1 Å². The van der Waals surface area contributed by atoms with Crippen molar-refractivity contribution in [2.24, 2.45) is 29.6 Å². The van der Waals surface area contributed by atoms with Crippen molar-refractivity contribution in [1.82, 2.24) is 4.90 Å². The van der Waals surface area contributed by atoms with E-state index in [9.17, 15) is 24.3 Å². The number of benzene rings is 2. The number of ether oxygens (including phenoxy) is 5. The predicted molar refractivity (Wildman–Crippen MR) is 288 cm³/mol. The molecular formula is C60H85NO11Si. The van der Waals surface area contributed by atoms with Crippen LogP contribution in [0.4, 0.5) is 0 Å². The van der Waals surface area contributed by atoms with Gasteiger partial charge in [-0.3, -0.25) is 14.4 Å². The number of hydrogen-bond acceptors (Lipinski definition) is 11. The molecule has 2 bridgehead atoms. The minimum atomic E-state index is -2.89. The number of carbonyl (C=O) groups is 4. The van der Waals surface area contributed by atoms with Gasteiger partial charge in [-0.15, -0.1) is 6.58 Å². The van der Waals surface area contributed by atoms with E-state index in [4.69, 9.17) is 28.1 Å². The van der Waals surface area contributed by atoms with Crippen LogP contribution in [0.5, 0.6) is 0 Å². The van der Waals surface area contributed by atoms with E-state index >= 15 is 0 Å². The average Bonchev–Trinajstić information content (AvgIpc) is 3.38. The molecule has 3 fully saturated rings. The fraction of sp³-hybridized carbons (Fsp3) is 0.600. The molecule has 1 amide bonds. The molecule has 3 aliphatic heterocycles. The third-order valence-electron chi connectivity index (χ3n) is 16.2. The molecule has 400 valence electrons. The Labute approximate surface area is 437 Å². The summed E-state index contributed by atoms with van der Waals surface area (Å²) in [5, 5.41) is 14.4. The summed E-state index contributed by atoms with van der Waals surface area (Å²) in [6, 6.07) is 20.2. The van der Waals surface area contributed by atoms with Gasteiger partial charge in [-0.2, -0.15) is 0 Å². The van der Waals surface area contributed by atoms with Gasteiger partial charge in [0.15, 0.2) is 5.78 Å². The Balaban J connectivity index is 1.35. The number of rotatable bonds is 11. The van der Waals surface area contributed by atoms with Crippen molar-refractivity contribution < 1.29 is 52.4 Å². The highest BCUT2D eigenvalue weighted by Crippen LogP contribution is 2.42. The van der Waals surface area contributed by atoms with Crippen LogP contribution in [0.3, 0.4) is 0 Å². The Morgan fingerprint density at radius 1 is 0.849 bits per heavy atom. The molecule has 2 saturated heterocycles. The van der Waals surface area contributed by atoms with Gasteiger partial charge in [0.05, 0.1) is 30.5 Å². The lowest BCUT2D eigenvalue weighted by atomic mass is 9.82. The summed E-state index contributed by atoms with van der Waals surface area (Å²) in [6.07, 6.45) is 11.6. The standard InChI is InChI=1S/C60H85NO11Si/c1-13-22-45-34-39(2)33-41(4)51(67-10)38-54-52(68-11)36-43(6)60(66,71-54)56(63)57(64)61-32-21-20-27-48(61)58(65)70-55(40(3)28-30-49(45)62)42(5)35-44-29-31-50(53(37-44)69-12)72-73(59(7,8)9,46-23-16-14-17-24-46)47-25-18-15-19-26-47/h13-19,23-26,28,30,34-35,40-41,43-45,48,50-55,66H,1,20-22,27,29,31-33,36-38H2,2-12H3. The van der Waals surface area contributed by atoms with Crippen molar-refractivity contribution in [3.8, 4) is 0 Å². The Kier molecular flexibility index (Phi) is 20.2. The molecule has 73 heavy (non-hydrogen) atoms. The van der Waals surface area contributed by atoms with E-state index < -0.39 is 73.9 Å². The molecule has 13 unspecified atom stereocenters. The van der Waals surface area contributed by atoms with Crippen molar-refractivity contribution in [2.75, 3.05) is 27.9 Å². The minimum absolute atomic E-state index is 0.0425. The van der Waals surface area contributed by atoms with Crippen molar-refractivity contribution in [3.63, 3.8) is 0 Å². The summed E-state index contributed by atoms with van der Waals surface area (Å²) < 4.78 is 38.6. The maximum absolute atomic E-state index is 14.7. The second-order valence-corrected chi connectivity index (χ2v) is 26.7. The molecule has 13 atom stereocenters. The Hall–Kier alpha value is -4.34. The summed E-state index contributed by atoms with van der Waals surface area (Å²) in [6.45, 7) is 20.5. The summed E-state index contributed by atoms with van der Waals surface area (Å²) in [5.74, 6) is -7.11. The molecule has 0 aromatic heterocycles. The molecule has 2 aromatic rings. The number of amides is 1. The average molecular weight is 1020 g/mol. The maximum Gasteiger partial charge on any atom is 0.329 e. The maximum atomic E-state index is 14.7. The zero-order valence-corrected chi connectivity index (χ0v) is 46.6. The van der Waals surface area contributed by atoms with Crippen LogP contribution in [0, 0.1) is 29.6 Å². The number of Topliss-reactive ketones (excluding diaryl/α,β-unsaturated/α-hetero) is 1. The number of nitrogens with zero attached hydrogens (tertiary/aromatic N) is 1. The van der Waals surface area contributed by atoms with E-state index in [1.54, 1.807) is 40.4 Å². The van der Waals surface area contributed by atoms with Gasteiger partial charge < -0.3 is 38.1 Å². The molecule has 2 aromatic carbocycles. The molecule has 0 radical (unpaired) electrons. The van der Waals surface area contributed by atoms with Gasteiger partial charge in [0.25, 0.3) is 20.0 Å². The van der Waals surface area contributed by atoms with E-state index in [1.807, 2.05) is 45.1 Å². The molecular weight excluding hydrogens is 939 g/mol. The Morgan fingerprint density at radius 2 is 1.48 bits per heavy atom. The number of aliphatic hydroxyl groups is 1. The first kappa shape index (κ1) is 57.9. The molecule has 12 nitrogen and oxygen atoms in total. The number of methoxy groups -OCH3 is 3. The first-order chi connectivity index (χ1) is 34.7. The fourth-order valence-corrected chi connectivity index (χ4v) is 16.9. The molecule has 3 heterocycles. The monoisotopic (exact) mass is 1020 g/mol. The highest BCUT2D eigenvalue weighted by Gasteiger charge is 2.56. The summed E-state index contributed by atoms with van der Waals surface area (Å²) in [7, 11) is 2.03. The SMILES string of the molecule is C=CCC1C=C(C)CC(C)C(OC)CC2OC(O)(C(=O)C(=O)N3CCCCC3C(=O)OC(C(C)=CC3CCC(O[Si](c4ccccc4)(c4ccccc4)C(C)(C)C)C(OC)C3)C(C)C=CC1=O)C(C)CC2OC. The van der Waals surface area contributed by atoms with Crippen LogP contribution in [0.2, 0.25) is 5.04 Å². The quantitative estimate of drug-likeness (QED) is 0.0996. The third-order valence-corrected chi connectivity index (χ3v) is 21.3. The van der Waals surface area contributed by atoms with Gasteiger partial charge in [0, 0.05) is 52.0 Å². The van der Waals surface area contributed by atoms with E-state index in [0.717, 1.165) is 24.0 Å². The predicted octanol–water partition coefficient (Wildman–Crippen LogP) is 9.03. The summed E-state index contributed by atoms with van der Waals surface area (Å²) >= 11 is 0. The van der Waals surface area contributed by atoms with Gasteiger partial charge in [0.2, 0.25) is 5.79 Å². The number of esters is 1. The van der Waals surface area contributed by atoms with Crippen molar-refractivity contribution in [1.29, 1.82) is 0 Å². The molecule has 1 saturated carbocycles. The molecule has 6 rings (SSSR count).